The lowest BCUT2D eigenvalue weighted by Crippen LogP contribution is -2.08. The first-order chi connectivity index (χ1) is 10.7. The number of unbranched alkanes of at least 4 members (excludes halogenated alkanes) is 5. The smallest absolute Gasteiger partial charge is 0.338 e. The minimum atomic E-state index is -0.328. The van der Waals surface area contributed by atoms with Crippen molar-refractivity contribution < 1.29 is 14.3 Å². The molecule has 0 aliphatic heterocycles. The summed E-state index contributed by atoms with van der Waals surface area (Å²) < 4.78 is 10.8. The summed E-state index contributed by atoms with van der Waals surface area (Å²) in [4.78, 5) is 11.8. The highest BCUT2D eigenvalue weighted by Crippen LogP contribution is 2.23. The number of benzene rings is 1. The Balaban J connectivity index is 2.39. The molecule has 0 saturated carbocycles. The average molecular weight is 307 g/mol. The van der Waals surface area contributed by atoms with Gasteiger partial charge < -0.3 is 15.2 Å². The Morgan fingerprint density at radius 3 is 2.41 bits per heavy atom. The van der Waals surface area contributed by atoms with Crippen molar-refractivity contribution in [2.24, 2.45) is 0 Å². The molecule has 0 saturated heterocycles. The lowest BCUT2D eigenvalue weighted by molar-refractivity contribution is 0.0500. The quantitative estimate of drug-likeness (QED) is 0.369. The van der Waals surface area contributed by atoms with Crippen LogP contribution in [0.2, 0.25) is 0 Å². The number of hydrogen-bond acceptors (Lipinski definition) is 4. The SMILES string of the molecule is CCCCCCCOc1ccc(C(=O)OCCCC)cc1N. The van der Waals surface area contributed by atoms with E-state index in [1.54, 1.807) is 18.2 Å². The van der Waals surface area contributed by atoms with E-state index in [0.717, 1.165) is 19.3 Å². The van der Waals surface area contributed by atoms with Crippen molar-refractivity contribution in [1.29, 1.82) is 0 Å². The fraction of sp³-hybridized carbons (Fsp3) is 0.611. The van der Waals surface area contributed by atoms with Gasteiger partial charge in [-0.1, -0.05) is 46.0 Å². The predicted molar refractivity (Wildman–Crippen MR) is 90.3 cm³/mol. The molecule has 1 aromatic rings. The Hall–Kier alpha value is -1.71. The van der Waals surface area contributed by atoms with Gasteiger partial charge in [-0.05, 0) is 31.0 Å². The van der Waals surface area contributed by atoms with E-state index in [1.165, 1.54) is 25.7 Å². The third-order valence-corrected chi connectivity index (χ3v) is 3.48. The Labute approximate surface area is 134 Å². The van der Waals surface area contributed by atoms with Gasteiger partial charge in [0.05, 0.1) is 24.5 Å². The zero-order valence-electron chi connectivity index (χ0n) is 13.9. The van der Waals surface area contributed by atoms with E-state index in [9.17, 15) is 4.79 Å². The van der Waals surface area contributed by atoms with Crippen LogP contribution in [0.1, 0.15) is 69.2 Å². The molecule has 4 heteroatoms. The lowest BCUT2D eigenvalue weighted by atomic mass is 10.1. The van der Waals surface area contributed by atoms with E-state index >= 15 is 0 Å². The van der Waals surface area contributed by atoms with Crippen molar-refractivity contribution in [2.75, 3.05) is 18.9 Å². The van der Waals surface area contributed by atoms with Crippen molar-refractivity contribution in [3.63, 3.8) is 0 Å². The van der Waals surface area contributed by atoms with Gasteiger partial charge in [0, 0.05) is 0 Å². The van der Waals surface area contributed by atoms with E-state index in [2.05, 4.69) is 13.8 Å². The molecule has 0 amide bonds. The average Bonchev–Trinajstić information content (AvgIpc) is 2.52. The van der Waals surface area contributed by atoms with Crippen LogP contribution in [0.4, 0.5) is 5.69 Å². The van der Waals surface area contributed by atoms with Gasteiger partial charge in [0.25, 0.3) is 0 Å². The summed E-state index contributed by atoms with van der Waals surface area (Å²) in [6, 6.07) is 5.08. The highest BCUT2D eigenvalue weighted by atomic mass is 16.5. The van der Waals surface area contributed by atoms with Gasteiger partial charge >= 0.3 is 5.97 Å². The zero-order valence-corrected chi connectivity index (χ0v) is 13.9. The predicted octanol–water partition coefficient (Wildman–Crippen LogP) is 4.57. The molecule has 22 heavy (non-hydrogen) atoms. The fourth-order valence-corrected chi connectivity index (χ4v) is 2.09. The van der Waals surface area contributed by atoms with Gasteiger partial charge in [-0.25, -0.2) is 4.79 Å². The molecule has 124 valence electrons. The summed E-state index contributed by atoms with van der Waals surface area (Å²) in [7, 11) is 0. The summed E-state index contributed by atoms with van der Waals surface area (Å²) in [5.74, 6) is 0.312. The Morgan fingerprint density at radius 1 is 1.00 bits per heavy atom. The normalized spacial score (nSPS) is 10.5. The van der Waals surface area contributed by atoms with Crippen molar-refractivity contribution in [3.8, 4) is 5.75 Å². The second-order valence-electron chi connectivity index (χ2n) is 5.50. The minimum Gasteiger partial charge on any atom is -0.491 e. The van der Waals surface area contributed by atoms with E-state index in [1.807, 2.05) is 0 Å². The fourth-order valence-electron chi connectivity index (χ4n) is 2.09. The summed E-state index contributed by atoms with van der Waals surface area (Å²) in [5.41, 5.74) is 6.90. The van der Waals surface area contributed by atoms with Crippen molar-refractivity contribution in [2.45, 2.75) is 58.8 Å². The third kappa shape index (κ3) is 6.83. The molecule has 0 bridgehead atoms. The minimum absolute atomic E-state index is 0.328. The molecular formula is C18H29NO3. The van der Waals surface area contributed by atoms with Crippen LogP contribution in [0.15, 0.2) is 18.2 Å². The van der Waals surface area contributed by atoms with Crippen LogP contribution in [-0.4, -0.2) is 19.2 Å². The molecule has 2 N–H and O–H groups in total. The van der Waals surface area contributed by atoms with Crippen LogP contribution in [0.25, 0.3) is 0 Å². The molecule has 0 aliphatic carbocycles. The maximum absolute atomic E-state index is 11.8. The molecule has 0 atom stereocenters. The van der Waals surface area contributed by atoms with E-state index < -0.39 is 0 Å². The van der Waals surface area contributed by atoms with Gasteiger partial charge in [-0.2, -0.15) is 0 Å². The van der Waals surface area contributed by atoms with Crippen molar-refractivity contribution >= 4 is 11.7 Å². The van der Waals surface area contributed by atoms with E-state index in [4.69, 9.17) is 15.2 Å². The number of carbonyl (C=O) groups is 1. The summed E-state index contributed by atoms with van der Waals surface area (Å²) >= 11 is 0. The number of anilines is 1. The maximum atomic E-state index is 11.8. The molecule has 4 nitrogen and oxygen atoms in total. The Bertz CT molecular complexity index is 446. The molecule has 1 rings (SSSR count). The van der Waals surface area contributed by atoms with Crippen LogP contribution >= 0.6 is 0 Å². The summed E-state index contributed by atoms with van der Waals surface area (Å²) in [6.45, 7) is 5.37. The summed E-state index contributed by atoms with van der Waals surface area (Å²) in [5, 5.41) is 0. The molecule has 0 aliphatic rings. The molecule has 0 unspecified atom stereocenters. The number of esters is 1. The largest absolute Gasteiger partial charge is 0.491 e. The number of hydrogen-bond donors (Lipinski definition) is 1. The maximum Gasteiger partial charge on any atom is 0.338 e. The monoisotopic (exact) mass is 307 g/mol. The molecule has 0 radical (unpaired) electrons. The van der Waals surface area contributed by atoms with Gasteiger partial charge in [0.2, 0.25) is 0 Å². The number of carbonyl (C=O) groups excluding carboxylic acids is 1. The van der Waals surface area contributed by atoms with Gasteiger partial charge in [-0.15, -0.1) is 0 Å². The lowest BCUT2D eigenvalue weighted by Gasteiger charge is -2.10. The van der Waals surface area contributed by atoms with Crippen molar-refractivity contribution in [1.82, 2.24) is 0 Å². The molecular weight excluding hydrogens is 278 g/mol. The second kappa shape index (κ2) is 10.9. The molecule has 0 heterocycles. The van der Waals surface area contributed by atoms with Crippen molar-refractivity contribution in [3.05, 3.63) is 23.8 Å². The van der Waals surface area contributed by atoms with E-state index in [-0.39, 0.29) is 5.97 Å². The number of rotatable bonds is 11. The zero-order chi connectivity index (χ0) is 16.2. The molecule has 0 spiro atoms. The van der Waals surface area contributed by atoms with Gasteiger partial charge in [0.1, 0.15) is 5.75 Å². The standard InChI is InChI=1S/C18H29NO3/c1-3-5-7-8-9-13-21-17-11-10-15(14-16(17)19)18(20)22-12-6-4-2/h10-11,14H,3-9,12-13,19H2,1-2H3. The Morgan fingerprint density at radius 2 is 1.73 bits per heavy atom. The highest BCUT2D eigenvalue weighted by Gasteiger charge is 2.10. The molecule has 0 aromatic heterocycles. The van der Waals surface area contributed by atoms with Gasteiger partial charge in [-0.3, -0.25) is 0 Å². The summed E-state index contributed by atoms with van der Waals surface area (Å²) in [6.07, 6.45) is 7.84. The second-order valence-corrected chi connectivity index (χ2v) is 5.50. The van der Waals surface area contributed by atoms with Crippen LogP contribution in [-0.2, 0) is 4.74 Å². The third-order valence-electron chi connectivity index (χ3n) is 3.48. The Kier molecular flexibility index (Phi) is 9.12. The number of nitrogens with two attached hydrogens (primary N) is 1. The van der Waals surface area contributed by atoms with Crippen LogP contribution in [0.5, 0.6) is 5.75 Å². The molecule has 0 fully saturated rings. The number of nitrogen functional groups attached to an aromatic ring is 1. The van der Waals surface area contributed by atoms with Crippen LogP contribution in [0, 0.1) is 0 Å². The van der Waals surface area contributed by atoms with E-state index in [0.29, 0.717) is 30.2 Å². The van der Waals surface area contributed by atoms with Gasteiger partial charge in [0.15, 0.2) is 0 Å². The first-order valence-corrected chi connectivity index (χ1v) is 8.38. The molecule has 1 aromatic carbocycles. The highest BCUT2D eigenvalue weighted by molar-refractivity contribution is 5.91. The topological polar surface area (TPSA) is 61.5 Å². The van der Waals surface area contributed by atoms with Crippen LogP contribution in [0.3, 0.4) is 0 Å². The first-order valence-electron chi connectivity index (χ1n) is 8.38. The van der Waals surface area contributed by atoms with Crippen LogP contribution < -0.4 is 10.5 Å². The first kappa shape index (κ1) is 18.3. The number of ether oxygens (including phenoxy) is 2.